The second-order valence-corrected chi connectivity index (χ2v) is 12.3. The van der Waals surface area contributed by atoms with Crippen LogP contribution in [0.3, 0.4) is 0 Å². The van der Waals surface area contributed by atoms with Gasteiger partial charge in [0.25, 0.3) is 0 Å². The summed E-state index contributed by atoms with van der Waals surface area (Å²) >= 11 is 0. The molecule has 0 atom stereocenters. The molecule has 0 aliphatic heterocycles. The molecule has 0 nitrogen and oxygen atoms in total. The van der Waals surface area contributed by atoms with E-state index in [0.29, 0.717) is 0 Å². The van der Waals surface area contributed by atoms with Crippen molar-refractivity contribution in [1.29, 1.82) is 0 Å². The van der Waals surface area contributed by atoms with Gasteiger partial charge < -0.3 is 0 Å². The van der Waals surface area contributed by atoms with E-state index in [-0.39, 0.29) is 0 Å². The largest absolute Gasteiger partial charge is 0.0990 e. The average Bonchev–Trinajstić information content (AvgIpc) is 3.07. The number of allylic oxidation sites excluding steroid dienone is 5. The van der Waals surface area contributed by atoms with Gasteiger partial charge in [-0.15, -0.1) is 0 Å². The first-order valence-electron chi connectivity index (χ1n) is 14.4. The van der Waals surface area contributed by atoms with E-state index in [4.69, 9.17) is 0 Å². The molecular weight excluding hydrogens is 535 g/mol. The SMILES string of the molecule is C=C/C=C(C=C)/C=C/c1ccc(P(c2ccc(/C=C/c3ccccc3)cc2)c2ccc(/C=C/c3ccccc3)cc2)cc1. The second-order valence-electron chi connectivity index (χ2n) is 10.0. The van der Waals surface area contributed by atoms with Crippen LogP contribution in [0.4, 0.5) is 0 Å². The molecule has 43 heavy (non-hydrogen) atoms. The van der Waals surface area contributed by atoms with Crippen molar-refractivity contribution >= 4 is 54.2 Å². The molecule has 5 aromatic carbocycles. The zero-order chi connectivity index (χ0) is 29.7. The summed E-state index contributed by atoms with van der Waals surface area (Å²) in [5.41, 5.74) is 6.96. The lowest BCUT2D eigenvalue weighted by atomic mass is 10.1. The molecule has 0 aromatic heterocycles. The third kappa shape index (κ3) is 8.49. The fraction of sp³-hybridized carbons (Fsp3) is 0. The zero-order valence-electron chi connectivity index (χ0n) is 24.3. The average molecular weight is 571 g/mol. The van der Waals surface area contributed by atoms with Crippen molar-refractivity contribution in [2.24, 2.45) is 0 Å². The molecule has 0 aliphatic carbocycles. The number of hydrogen-bond donors (Lipinski definition) is 0. The molecule has 1 heteroatoms. The summed E-state index contributed by atoms with van der Waals surface area (Å²) in [6.07, 6.45) is 18.4. The first-order valence-corrected chi connectivity index (χ1v) is 15.8. The first-order chi connectivity index (χ1) is 21.2. The van der Waals surface area contributed by atoms with Crippen LogP contribution in [0, 0.1) is 0 Å². The van der Waals surface area contributed by atoms with Gasteiger partial charge in [0.1, 0.15) is 0 Å². The molecule has 0 saturated carbocycles. The van der Waals surface area contributed by atoms with Crippen molar-refractivity contribution in [3.63, 3.8) is 0 Å². The number of hydrogen-bond acceptors (Lipinski definition) is 0. The molecule has 5 aromatic rings. The summed E-state index contributed by atoms with van der Waals surface area (Å²) in [6, 6.07) is 47.8. The monoisotopic (exact) mass is 570 g/mol. The molecule has 0 fully saturated rings. The standard InChI is InChI=1S/C42H35P/c1-3-11-34(4-2)16-17-37-22-28-40(29-23-37)43(41-30-24-38(25-31-41)20-18-35-12-7-5-8-13-35)42-32-26-39(27-33-42)21-19-36-14-9-6-10-15-36/h3-33H,1-2H2/b17-16+,20-18+,21-19+,34-11+. The molecular formula is C42H35P. The lowest BCUT2D eigenvalue weighted by Crippen LogP contribution is -2.20. The molecule has 0 amide bonds. The van der Waals surface area contributed by atoms with Crippen LogP contribution in [0.15, 0.2) is 176 Å². The summed E-state index contributed by atoms with van der Waals surface area (Å²) in [7, 11) is -0.733. The Balaban J connectivity index is 1.43. The van der Waals surface area contributed by atoms with E-state index in [0.717, 1.165) is 11.1 Å². The van der Waals surface area contributed by atoms with Crippen LogP contribution < -0.4 is 15.9 Å². The predicted molar refractivity (Wildman–Crippen MR) is 193 cm³/mol. The van der Waals surface area contributed by atoms with E-state index in [2.05, 4.69) is 171 Å². The Bertz CT molecular complexity index is 1640. The van der Waals surface area contributed by atoms with Gasteiger partial charge in [0.2, 0.25) is 0 Å². The molecule has 0 unspecified atom stereocenters. The fourth-order valence-corrected chi connectivity index (χ4v) is 6.92. The Morgan fingerprint density at radius 2 is 0.767 bits per heavy atom. The van der Waals surface area contributed by atoms with E-state index in [1.807, 2.05) is 24.3 Å². The third-order valence-electron chi connectivity index (χ3n) is 7.00. The van der Waals surface area contributed by atoms with Gasteiger partial charge in [0.15, 0.2) is 0 Å². The molecule has 0 aliphatic rings. The first kappa shape index (κ1) is 29.5. The molecule has 0 saturated heterocycles. The van der Waals surface area contributed by atoms with Crippen molar-refractivity contribution in [1.82, 2.24) is 0 Å². The Hall–Kier alpha value is -5.03. The van der Waals surface area contributed by atoms with Crippen molar-refractivity contribution in [3.8, 4) is 0 Å². The van der Waals surface area contributed by atoms with Gasteiger partial charge in [0, 0.05) is 0 Å². The molecule has 5 rings (SSSR count). The maximum Gasteiger partial charge on any atom is -0.0134 e. The van der Waals surface area contributed by atoms with E-state index in [1.54, 1.807) is 6.08 Å². The van der Waals surface area contributed by atoms with Crippen molar-refractivity contribution < 1.29 is 0 Å². The molecule has 0 radical (unpaired) electrons. The Labute approximate surface area is 257 Å². The lowest BCUT2D eigenvalue weighted by molar-refractivity contribution is 1.65. The fourth-order valence-electron chi connectivity index (χ4n) is 4.68. The van der Waals surface area contributed by atoms with Gasteiger partial charge in [-0.2, -0.15) is 0 Å². The summed E-state index contributed by atoms with van der Waals surface area (Å²) in [5, 5.41) is 3.97. The van der Waals surface area contributed by atoms with Gasteiger partial charge in [0.05, 0.1) is 0 Å². The Kier molecular flexibility index (Phi) is 10.5. The van der Waals surface area contributed by atoms with E-state index >= 15 is 0 Å². The molecule has 0 bridgehead atoms. The molecule has 0 N–H and O–H groups in total. The Morgan fingerprint density at radius 3 is 1.12 bits per heavy atom. The maximum absolute atomic E-state index is 3.89. The lowest BCUT2D eigenvalue weighted by Gasteiger charge is -2.20. The van der Waals surface area contributed by atoms with E-state index in [1.165, 1.54) is 38.2 Å². The minimum absolute atomic E-state index is 0.733. The summed E-state index contributed by atoms with van der Waals surface area (Å²) < 4.78 is 0. The molecule has 0 spiro atoms. The van der Waals surface area contributed by atoms with Crippen molar-refractivity contribution in [2.45, 2.75) is 0 Å². The summed E-state index contributed by atoms with van der Waals surface area (Å²) in [6.45, 7) is 7.68. The van der Waals surface area contributed by atoms with Crippen molar-refractivity contribution in [3.05, 3.63) is 204 Å². The van der Waals surface area contributed by atoms with Crippen LogP contribution in [0.2, 0.25) is 0 Å². The van der Waals surface area contributed by atoms with Gasteiger partial charge in [-0.1, -0.05) is 201 Å². The minimum Gasteiger partial charge on any atom is -0.0990 e. The van der Waals surface area contributed by atoms with E-state index in [9.17, 15) is 0 Å². The van der Waals surface area contributed by atoms with Gasteiger partial charge in [-0.3, -0.25) is 0 Å². The van der Waals surface area contributed by atoms with Gasteiger partial charge in [-0.25, -0.2) is 0 Å². The predicted octanol–water partition coefficient (Wildman–Crippen LogP) is 10.1. The zero-order valence-corrected chi connectivity index (χ0v) is 25.2. The highest BCUT2D eigenvalue weighted by molar-refractivity contribution is 7.79. The highest BCUT2D eigenvalue weighted by Gasteiger charge is 2.16. The summed E-state index contributed by atoms with van der Waals surface area (Å²) in [5.74, 6) is 0. The van der Waals surface area contributed by atoms with Gasteiger partial charge in [-0.05, 0) is 57.2 Å². The third-order valence-corrected chi connectivity index (χ3v) is 9.45. The number of rotatable bonds is 11. The molecule has 208 valence electrons. The normalized spacial score (nSPS) is 12.0. The molecule has 0 heterocycles. The van der Waals surface area contributed by atoms with Gasteiger partial charge >= 0.3 is 0 Å². The van der Waals surface area contributed by atoms with Crippen LogP contribution in [0.1, 0.15) is 27.8 Å². The van der Waals surface area contributed by atoms with Crippen LogP contribution in [-0.2, 0) is 0 Å². The Morgan fingerprint density at radius 1 is 0.419 bits per heavy atom. The second kappa shape index (κ2) is 15.3. The van der Waals surface area contributed by atoms with Crippen LogP contribution >= 0.6 is 7.92 Å². The highest BCUT2D eigenvalue weighted by Crippen LogP contribution is 2.33. The maximum atomic E-state index is 3.89. The number of benzene rings is 5. The minimum atomic E-state index is -0.733. The van der Waals surface area contributed by atoms with Crippen LogP contribution in [0.5, 0.6) is 0 Å². The quantitative estimate of drug-likeness (QED) is 0.0842. The van der Waals surface area contributed by atoms with Crippen molar-refractivity contribution in [2.75, 3.05) is 0 Å². The highest BCUT2D eigenvalue weighted by atomic mass is 31.1. The van der Waals surface area contributed by atoms with Crippen LogP contribution in [0.25, 0.3) is 30.4 Å². The van der Waals surface area contributed by atoms with Crippen LogP contribution in [-0.4, -0.2) is 0 Å². The summed E-state index contributed by atoms with van der Waals surface area (Å²) in [4.78, 5) is 0. The smallest absolute Gasteiger partial charge is 0.0134 e. The topological polar surface area (TPSA) is 0 Å². The van der Waals surface area contributed by atoms with E-state index < -0.39 is 7.92 Å².